The Morgan fingerprint density at radius 2 is 2.25 bits per heavy atom. The van der Waals surface area contributed by atoms with Gasteiger partial charge >= 0.3 is 0 Å². The predicted molar refractivity (Wildman–Crippen MR) is 47.3 cm³/mol. The fraction of sp³-hybridized carbons (Fsp3) is 1.00. The molecular formula is C7H16BNO3. The number of ether oxygens (including phenoxy) is 2. The van der Waals surface area contributed by atoms with Crippen LogP contribution in [0.25, 0.3) is 0 Å². The van der Waals surface area contributed by atoms with E-state index in [0.29, 0.717) is 13.2 Å². The molecule has 0 rings (SSSR count). The number of likely N-dealkylation sites (N-methyl/N-ethyl adjacent to an activating group) is 1. The monoisotopic (exact) mass is 173 g/mol. The van der Waals surface area contributed by atoms with Gasteiger partial charge < -0.3 is 19.9 Å². The smallest absolute Gasteiger partial charge is 0.112 e. The molecule has 0 fully saturated rings. The van der Waals surface area contributed by atoms with Crippen molar-refractivity contribution in [2.24, 2.45) is 0 Å². The Kier molecular flexibility index (Phi) is 7.49. The fourth-order valence-corrected chi connectivity index (χ4v) is 0.850. The summed E-state index contributed by atoms with van der Waals surface area (Å²) in [5.74, 6) is 0. The van der Waals surface area contributed by atoms with Gasteiger partial charge in [-0.15, -0.1) is 0 Å². The number of aliphatic hydroxyl groups excluding tert-OH is 1. The molecule has 0 saturated heterocycles. The van der Waals surface area contributed by atoms with E-state index in [1.807, 2.05) is 7.05 Å². The van der Waals surface area contributed by atoms with Crippen molar-refractivity contribution in [1.82, 2.24) is 5.32 Å². The molecule has 0 unspecified atom stereocenters. The van der Waals surface area contributed by atoms with Gasteiger partial charge in [-0.25, -0.2) is 0 Å². The van der Waals surface area contributed by atoms with Crippen molar-refractivity contribution in [2.45, 2.75) is 12.1 Å². The van der Waals surface area contributed by atoms with E-state index in [0.717, 1.165) is 0 Å². The van der Waals surface area contributed by atoms with Gasteiger partial charge in [-0.05, 0) is 7.05 Å². The highest BCUT2D eigenvalue weighted by atomic mass is 16.5. The van der Waals surface area contributed by atoms with E-state index in [2.05, 4.69) is 5.32 Å². The first-order chi connectivity index (χ1) is 5.74. The molecule has 0 aromatic rings. The van der Waals surface area contributed by atoms with Crippen LogP contribution < -0.4 is 5.32 Å². The van der Waals surface area contributed by atoms with Crippen LogP contribution >= 0.6 is 0 Å². The number of hydrogen-bond donors (Lipinski definition) is 2. The summed E-state index contributed by atoms with van der Waals surface area (Å²) in [5, 5.41) is 11.5. The fourth-order valence-electron chi connectivity index (χ4n) is 0.850. The zero-order valence-corrected chi connectivity index (χ0v) is 7.62. The highest BCUT2D eigenvalue weighted by Gasteiger charge is 2.10. The third-order valence-corrected chi connectivity index (χ3v) is 1.33. The molecule has 2 N–H and O–H groups in total. The van der Waals surface area contributed by atoms with Crippen LogP contribution in [-0.2, 0) is 9.47 Å². The molecule has 5 heteroatoms. The first-order valence-corrected chi connectivity index (χ1v) is 3.90. The van der Waals surface area contributed by atoms with Crippen molar-refractivity contribution in [1.29, 1.82) is 0 Å². The van der Waals surface area contributed by atoms with Crippen LogP contribution in [0.3, 0.4) is 0 Å². The van der Waals surface area contributed by atoms with E-state index in [4.69, 9.17) is 22.4 Å². The second-order valence-electron chi connectivity index (χ2n) is 2.49. The Labute approximate surface area is 74.7 Å². The number of aliphatic hydroxyl groups is 1. The second-order valence-corrected chi connectivity index (χ2v) is 2.49. The number of rotatable bonds is 7. The summed E-state index contributed by atoms with van der Waals surface area (Å²) in [5.41, 5.74) is 0. The summed E-state index contributed by atoms with van der Waals surface area (Å²) >= 11 is 0. The molecule has 0 heterocycles. The molecule has 2 radical (unpaired) electrons. The van der Waals surface area contributed by atoms with E-state index in [1.165, 1.54) is 0 Å². The molecule has 0 spiro atoms. The van der Waals surface area contributed by atoms with Gasteiger partial charge in [0.05, 0.1) is 19.3 Å². The molecule has 12 heavy (non-hydrogen) atoms. The third kappa shape index (κ3) is 5.54. The van der Waals surface area contributed by atoms with E-state index in [1.54, 1.807) is 7.11 Å². The van der Waals surface area contributed by atoms with Crippen LogP contribution in [0.5, 0.6) is 0 Å². The summed E-state index contributed by atoms with van der Waals surface area (Å²) < 4.78 is 10.1. The molecule has 0 aromatic heterocycles. The van der Waals surface area contributed by atoms with E-state index in [-0.39, 0.29) is 12.7 Å². The summed E-state index contributed by atoms with van der Waals surface area (Å²) in [6.45, 7) is 0.944. The lowest BCUT2D eigenvalue weighted by atomic mass is 10.0. The molecule has 0 aliphatic rings. The molecule has 0 bridgehead atoms. The van der Waals surface area contributed by atoms with Gasteiger partial charge in [0.2, 0.25) is 0 Å². The van der Waals surface area contributed by atoms with Crippen molar-refractivity contribution < 1.29 is 14.6 Å². The molecule has 0 aliphatic carbocycles. The highest BCUT2D eigenvalue weighted by Crippen LogP contribution is 1.95. The van der Waals surface area contributed by atoms with Crippen molar-refractivity contribution in [3.05, 3.63) is 0 Å². The molecule has 0 aromatic carbocycles. The van der Waals surface area contributed by atoms with Crippen molar-refractivity contribution in [2.75, 3.05) is 33.9 Å². The number of nitrogens with one attached hydrogen (secondary N) is 1. The lowest BCUT2D eigenvalue weighted by molar-refractivity contribution is -0.0319. The summed E-state index contributed by atoms with van der Waals surface area (Å²) in [6.07, 6.45) is -0.109. The van der Waals surface area contributed by atoms with Crippen molar-refractivity contribution in [3.63, 3.8) is 0 Å². The second kappa shape index (κ2) is 7.55. The van der Waals surface area contributed by atoms with Gasteiger partial charge in [0, 0.05) is 19.7 Å². The minimum Gasteiger partial charge on any atom is -0.395 e. The summed E-state index contributed by atoms with van der Waals surface area (Å²) in [7, 11) is 8.79. The Bertz CT molecular complexity index is 98.7. The van der Waals surface area contributed by atoms with Gasteiger partial charge in [0.1, 0.15) is 7.85 Å². The molecule has 4 nitrogen and oxygen atoms in total. The Morgan fingerprint density at radius 3 is 2.67 bits per heavy atom. The largest absolute Gasteiger partial charge is 0.395 e. The van der Waals surface area contributed by atoms with Crippen LogP contribution in [0.15, 0.2) is 0 Å². The SMILES string of the molecule is [B][C@@H](CO)O[C@@H](CNC)COC. The maximum absolute atomic E-state index is 8.61. The summed E-state index contributed by atoms with van der Waals surface area (Å²) in [6, 6.07) is -0.626. The normalized spacial score (nSPS) is 15.9. The Morgan fingerprint density at radius 1 is 1.58 bits per heavy atom. The maximum atomic E-state index is 8.61. The first kappa shape index (κ1) is 11.9. The molecule has 0 amide bonds. The zero-order chi connectivity index (χ0) is 9.40. The van der Waals surface area contributed by atoms with Gasteiger partial charge in [-0.2, -0.15) is 0 Å². The van der Waals surface area contributed by atoms with Crippen molar-refractivity contribution >= 4 is 7.85 Å². The topological polar surface area (TPSA) is 50.7 Å². The van der Waals surface area contributed by atoms with Crippen LogP contribution in [0.2, 0.25) is 0 Å². The number of methoxy groups -OCH3 is 1. The van der Waals surface area contributed by atoms with Crippen molar-refractivity contribution in [3.8, 4) is 0 Å². The Hall–Kier alpha value is -0.0951. The first-order valence-electron chi connectivity index (χ1n) is 3.90. The van der Waals surface area contributed by atoms with E-state index >= 15 is 0 Å². The molecule has 2 atom stereocenters. The van der Waals surface area contributed by atoms with Crippen LogP contribution in [0, 0.1) is 0 Å². The lowest BCUT2D eigenvalue weighted by Crippen LogP contribution is -2.35. The van der Waals surface area contributed by atoms with Gasteiger partial charge in [-0.1, -0.05) is 0 Å². The maximum Gasteiger partial charge on any atom is 0.112 e. The van der Waals surface area contributed by atoms with Gasteiger partial charge in [-0.3, -0.25) is 0 Å². The molecular weight excluding hydrogens is 157 g/mol. The highest BCUT2D eigenvalue weighted by molar-refractivity contribution is 6.11. The van der Waals surface area contributed by atoms with Gasteiger partial charge in [0.15, 0.2) is 0 Å². The molecule has 0 saturated carbocycles. The molecule has 70 valence electrons. The van der Waals surface area contributed by atoms with E-state index in [9.17, 15) is 0 Å². The van der Waals surface area contributed by atoms with Crippen LogP contribution in [0.4, 0.5) is 0 Å². The quantitative estimate of drug-likeness (QED) is 0.471. The average molecular weight is 173 g/mol. The van der Waals surface area contributed by atoms with Crippen LogP contribution in [0.1, 0.15) is 0 Å². The summed E-state index contributed by atoms with van der Waals surface area (Å²) in [4.78, 5) is 0. The standard InChI is InChI=1S/C7H16BNO3/c1-9-3-6(5-11-2)12-7(8)4-10/h6-7,9-10H,3-5H2,1-2H3/t6-,7+/m0/s1. The van der Waals surface area contributed by atoms with Crippen LogP contribution in [-0.4, -0.2) is 59.0 Å². The zero-order valence-electron chi connectivity index (χ0n) is 7.62. The Balaban J connectivity index is 3.61. The predicted octanol–water partition coefficient (Wildman–Crippen LogP) is -1.28. The van der Waals surface area contributed by atoms with E-state index < -0.39 is 6.00 Å². The third-order valence-electron chi connectivity index (χ3n) is 1.33. The number of hydrogen-bond acceptors (Lipinski definition) is 4. The van der Waals surface area contributed by atoms with Gasteiger partial charge in [0.25, 0.3) is 0 Å². The lowest BCUT2D eigenvalue weighted by Gasteiger charge is -2.20. The minimum atomic E-state index is -0.626. The minimum absolute atomic E-state index is 0.109. The molecule has 0 aliphatic heterocycles. The average Bonchev–Trinajstić information content (AvgIpc) is 2.05.